The molecule has 1 fully saturated rings. The average molecular weight is 130 g/mol. The van der Waals surface area contributed by atoms with Gasteiger partial charge >= 0.3 is 0 Å². The summed E-state index contributed by atoms with van der Waals surface area (Å²) in [5.74, 6) is -0.217. The van der Waals surface area contributed by atoms with Crippen molar-refractivity contribution in [2.45, 2.75) is 18.9 Å². The van der Waals surface area contributed by atoms with Crippen LogP contribution >= 0.6 is 0 Å². The molecule has 3 N–H and O–H groups in total. The fraction of sp³-hybridized carbons (Fsp3) is 0.800. The van der Waals surface area contributed by atoms with E-state index < -0.39 is 0 Å². The average Bonchev–Trinajstić information content (AvgIpc) is 2.15. The van der Waals surface area contributed by atoms with Gasteiger partial charge in [0, 0.05) is 13.0 Å². The Morgan fingerprint density at radius 2 is 2.56 bits per heavy atom. The molecule has 0 unspecified atom stereocenters. The van der Waals surface area contributed by atoms with Crippen molar-refractivity contribution in [3.63, 3.8) is 0 Å². The lowest BCUT2D eigenvalue weighted by Crippen LogP contribution is -2.34. The van der Waals surface area contributed by atoms with Gasteiger partial charge in [0.05, 0.1) is 6.04 Å². The number of carbonyl (C=O) groups is 1. The van der Waals surface area contributed by atoms with Crippen molar-refractivity contribution in [1.29, 1.82) is 0 Å². The van der Waals surface area contributed by atoms with Gasteiger partial charge in [0.15, 0.2) is 0 Å². The summed E-state index contributed by atoms with van der Waals surface area (Å²) in [4.78, 5) is 10.6. The van der Waals surface area contributed by atoms with Gasteiger partial charge in [-0.2, -0.15) is 0 Å². The van der Waals surface area contributed by atoms with Crippen LogP contribution in [0.5, 0.6) is 0 Å². The van der Waals surface area contributed by atoms with Gasteiger partial charge in [0.2, 0.25) is 5.91 Å². The minimum atomic E-state index is -0.217. The van der Waals surface area contributed by atoms with Crippen molar-refractivity contribution < 1.29 is 10.0 Å². The Morgan fingerprint density at radius 3 is 2.78 bits per heavy atom. The van der Waals surface area contributed by atoms with Gasteiger partial charge in [-0.15, -0.1) is 0 Å². The van der Waals surface area contributed by atoms with Crippen LogP contribution in [0.4, 0.5) is 0 Å². The van der Waals surface area contributed by atoms with Crippen molar-refractivity contribution in [2.75, 3.05) is 6.54 Å². The molecule has 0 saturated carbocycles. The molecule has 1 aliphatic heterocycles. The number of hydrogen-bond donors (Lipinski definition) is 2. The molecule has 1 saturated heterocycles. The summed E-state index contributed by atoms with van der Waals surface area (Å²) in [7, 11) is 0. The number of carbonyl (C=O) groups excluding carboxylic acids is 1. The van der Waals surface area contributed by atoms with E-state index in [1.165, 1.54) is 0 Å². The lowest BCUT2D eigenvalue weighted by molar-refractivity contribution is -0.164. The summed E-state index contributed by atoms with van der Waals surface area (Å²) in [5.41, 5.74) is 5.23. The zero-order chi connectivity index (χ0) is 6.85. The molecule has 0 aromatic rings. The van der Waals surface area contributed by atoms with Crippen LogP contribution in [0.25, 0.3) is 0 Å². The van der Waals surface area contributed by atoms with Crippen molar-refractivity contribution in [1.82, 2.24) is 5.06 Å². The number of nitrogens with two attached hydrogens (primary N) is 1. The molecular formula is C5H10N2O2. The standard InChI is InChI=1S/C5H10N2O2/c6-3-4-1-2-5(8)7(4)9/h4,9H,1-3,6H2/t4-/m0/s1. The smallest absolute Gasteiger partial charge is 0.246 e. The summed E-state index contributed by atoms with van der Waals surface area (Å²) in [6.07, 6.45) is 1.12. The van der Waals surface area contributed by atoms with Crippen LogP contribution in [0, 0.1) is 0 Å². The molecule has 0 aromatic carbocycles. The predicted octanol–water partition coefficient (Wildman–Crippen LogP) is -0.675. The zero-order valence-corrected chi connectivity index (χ0v) is 5.08. The van der Waals surface area contributed by atoms with Crippen LogP contribution < -0.4 is 5.73 Å². The molecule has 0 aromatic heterocycles. The summed E-state index contributed by atoms with van der Waals surface area (Å²) in [5, 5.41) is 9.60. The molecule has 52 valence electrons. The third kappa shape index (κ3) is 1.04. The quantitative estimate of drug-likeness (QED) is 0.462. The molecule has 0 aliphatic carbocycles. The number of hydroxylamine groups is 2. The van der Waals surface area contributed by atoms with Crippen LogP contribution in [-0.2, 0) is 4.79 Å². The van der Waals surface area contributed by atoms with E-state index >= 15 is 0 Å². The summed E-state index contributed by atoms with van der Waals surface area (Å²) in [6, 6.07) is -0.141. The Bertz CT molecular complexity index is 126. The topological polar surface area (TPSA) is 66.6 Å². The Morgan fingerprint density at radius 1 is 1.89 bits per heavy atom. The van der Waals surface area contributed by atoms with Crippen LogP contribution in [-0.4, -0.2) is 28.8 Å². The lowest BCUT2D eigenvalue weighted by atomic mass is 10.2. The molecule has 1 amide bonds. The van der Waals surface area contributed by atoms with Crippen LogP contribution in [0.1, 0.15) is 12.8 Å². The molecule has 1 rings (SSSR count). The number of nitrogens with zero attached hydrogens (tertiary/aromatic N) is 1. The second-order valence-electron chi connectivity index (χ2n) is 2.17. The van der Waals surface area contributed by atoms with Crippen molar-refractivity contribution in [3.8, 4) is 0 Å². The highest BCUT2D eigenvalue weighted by molar-refractivity contribution is 5.77. The number of rotatable bonds is 1. The van der Waals surface area contributed by atoms with Gasteiger partial charge in [-0.05, 0) is 6.42 Å². The Balaban J connectivity index is 2.51. The molecule has 4 nitrogen and oxygen atoms in total. The highest BCUT2D eigenvalue weighted by Crippen LogP contribution is 2.13. The molecule has 0 radical (unpaired) electrons. The molecule has 9 heavy (non-hydrogen) atoms. The van der Waals surface area contributed by atoms with E-state index in [2.05, 4.69) is 0 Å². The maximum absolute atomic E-state index is 10.6. The van der Waals surface area contributed by atoms with Crippen molar-refractivity contribution in [3.05, 3.63) is 0 Å². The monoisotopic (exact) mass is 130 g/mol. The predicted molar refractivity (Wildman–Crippen MR) is 30.7 cm³/mol. The van der Waals surface area contributed by atoms with E-state index in [9.17, 15) is 4.79 Å². The van der Waals surface area contributed by atoms with Gasteiger partial charge in [0.1, 0.15) is 0 Å². The fourth-order valence-corrected chi connectivity index (χ4v) is 0.948. The van der Waals surface area contributed by atoms with Crippen LogP contribution in [0.15, 0.2) is 0 Å². The third-order valence-corrected chi connectivity index (χ3v) is 1.56. The molecule has 1 atom stereocenters. The van der Waals surface area contributed by atoms with E-state index in [4.69, 9.17) is 10.9 Å². The van der Waals surface area contributed by atoms with Crippen LogP contribution in [0.2, 0.25) is 0 Å². The third-order valence-electron chi connectivity index (χ3n) is 1.56. The number of amides is 1. The SMILES string of the molecule is NC[C@@H]1CCC(=O)N1O. The van der Waals surface area contributed by atoms with E-state index in [0.29, 0.717) is 19.4 Å². The largest absolute Gasteiger partial charge is 0.328 e. The minimum Gasteiger partial charge on any atom is -0.328 e. The minimum absolute atomic E-state index is 0.141. The molecule has 1 heterocycles. The van der Waals surface area contributed by atoms with E-state index in [1.54, 1.807) is 0 Å². The first kappa shape index (κ1) is 6.51. The normalized spacial score (nSPS) is 27.6. The van der Waals surface area contributed by atoms with E-state index in [1.807, 2.05) is 0 Å². The first-order valence-corrected chi connectivity index (χ1v) is 2.96. The van der Waals surface area contributed by atoms with Gasteiger partial charge < -0.3 is 5.73 Å². The summed E-state index contributed by atoms with van der Waals surface area (Å²) in [6.45, 7) is 0.349. The van der Waals surface area contributed by atoms with Gasteiger partial charge in [0.25, 0.3) is 0 Å². The van der Waals surface area contributed by atoms with Crippen molar-refractivity contribution >= 4 is 5.91 Å². The molecule has 4 heteroatoms. The zero-order valence-electron chi connectivity index (χ0n) is 5.08. The molecule has 0 spiro atoms. The molecular weight excluding hydrogens is 120 g/mol. The highest BCUT2D eigenvalue weighted by Gasteiger charge is 2.28. The van der Waals surface area contributed by atoms with Gasteiger partial charge in [-0.3, -0.25) is 10.0 Å². The Labute approximate surface area is 53.2 Å². The summed E-state index contributed by atoms with van der Waals surface area (Å²) >= 11 is 0. The maximum atomic E-state index is 10.6. The van der Waals surface area contributed by atoms with E-state index in [0.717, 1.165) is 5.06 Å². The second kappa shape index (κ2) is 2.33. The van der Waals surface area contributed by atoms with Crippen molar-refractivity contribution in [2.24, 2.45) is 5.73 Å². The Kier molecular flexibility index (Phi) is 1.68. The van der Waals surface area contributed by atoms with Gasteiger partial charge in [-0.25, -0.2) is 5.06 Å². The summed E-state index contributed by atoms with van der Waals surface area (Å²) < 4.78 is 0. The number of hydrogen-bond acceptors (Lipinski definition) is 3. The molecule has 0 bridgehead atoms. The maximum Gasteiger partial charge on any atom is 0.246 e. The lowest BCUT2D eigenvalue weighted by Gasteiger charge is -2.14. The van der Waals surface area contributed by atoms with E-state index in [-0.39, 0.29) is 11.9 Å². The highest BCUT2D eigenvalue weighted by atomic mass is 16.5. The first-order chi connectivity index (χ1) is 4.25. The first-order valence-electron chi connectivity index (χ1n) is 2.96. The molecule has 1 aliphatic rings. The Hall–Kier alpha value is -0.610. The second-order valence-corrected chi connectivity index (χ2v) is 2.17. The van der Waals surface area contributed by atoms with Gasteiger partial charge in [-0.1, -0.05) is 0 Å². The van der Waals surface area contributed by atoms with Crippen LogP contribution in [0.3, 0.4) is 0 Å². The fourth-order valence-electron chi connectivity index (χ4n) is 0.948.